The molecule has 3 rings (SSSR count). The minimum atomic E-state index is 0. The molecule has 2 aromatic rings. The zero-order valence-electron chi connectivity index (χ0n) is 10.3. The fourth-order valence-corrected chi connectivity index (χ4v) is 2.64. The number of benzene rings is 1. The minimum Gasteiger partial charge on any atom is -0.265 e. The van der Waals surface area contributed by atoms with Crippen molar-refractivity contribution in [1.29, 1.82) is 0 Å². The topological polar surface area (TPSA) is 17.8 Å². The second-order valence-corrected chi connectivity index (χ2v) is 4.80. The fourth-order valence-electron chi connectivity index (χ4n) is 2.64. The van der Waals surface area contributed by atoms with Gasteiger partial charge in [-0.2, -0.15) is 29.4 Å². The maximum atomic E-state index is 4.45. The van der Waals surface area contributed by atoms with E-state index in [-0.39, 0.29) is 20.1 Å². The zero-order chi connectivity index (χ0) is 11.5. The number of rotatable bonds is 2. The Hall–Kier alpha value is -0.921. The summed E-state index contributed by atoms with van der Waals surface area (Å²) in [6.45, 7) is 0. The van der Waals surface area contributed by atoms with Crippen LogP contribution in [0.1, 0.15) is 43.6 Å². The molecule has 0 atom stereocenters. The molecule has 97 valence electrons. The van der Waals surface area contributed by atoms with E-state index in [1.165, 1.54) is 37.7 Å². The van der Waals surface area contributed by atoms with E-state index < -0.39 is 0 Å². The fraction of sp³-hybridized carbons (Fsp3) is 0.400. The summed E-state index contributed by atoms with van der Waals surface area (Å²) in [6.07, 6.45) is 11.0. The van der Waals surface area contributed by atoms with Crippen LogP contribution in [-0.4, -0.2) is 9.78 Å². The maximum absolute atomic E-state index is 4.45. The third-order valence-electron chi connectivity index (χ3n) is 3.62. The summed E-state index contributed by atoms with van der Waals surface area (Å²) in [7, 11) is 0. The van der Waals surface area contributed by atoms with E-state index in [0.29, 0.717) is 0 Å². The van der Waals surface area contributed by atoms with Gasteiger partial charge in [0.05, 0.1) is 6.20 Å². The van der Waals surface area contributed by atoms with Crippen molar-refractivity contribution in [3.05, 3.63) is 48.3 Å². The Morgan fingerprint density at radius 3 is 2.72 bits per heavy atom. The van der Waals surface area contributed by atoms with Crippen molar-refractivity contribution in [2.24, 2.45) is 0 Å². The number of nitrogens with zero attached hydrogens (tertiary/aromatic N) is 2. The first kappa shape index (κ1) is 13.5. The average Bonchev–Trinajstić information content (AvgIpc) is 2.90. The van der Waals surface area contributed by atoms with Gasteiger partial charge in [-0.3, -0.25) is 4.68 Å². The summed E-state index contributed by atoms with van der Waals surface area (Å²) in [4.78, 5) is 0. The molecule has 1 saturated carbocycles. The van der Waals surface area contributed by atoms with E-state index in [0.717, 1.165) is 11.6 Å². The van der Waals surface area contributed by atoms with E-state index in [4.69, 9.17) is 0 Å². The van der Waals surface area contributed by atoms with Crippen LogP contribution in [0.2, 0.25) is 0 Å². The van der Waals surface area contributed by atoms with Crippen molar-refractivity contribution in [2.75, 3.05) is 0 Å². The van der Waals surface area contributed by atoms with Crippen molar-refractivity contribution in [1.82, 2.24) is 9.78 Å². The first-order chi connectivity index (χ1) is 8.43. The molecule has 1 aromatic carbocycles. The molecule has 1 fully saturated rings. The summed E-state index contributed by atoms with van der Waals surface area (Å²) < 4.78 is 1.93. The Bertz CT molecular complexity index is 472. The Labute approximate surface area is 122 Å². The second-order valence-electron chi connectivity index (χ2n) is 4.80. The first-order valence-corrected chi connectivity index (χ1v) is 6.45. The molecule has 1 aliphatic carbocycles. The van der Waals surface area contributed by atoms with Gasteiger partial charge in [-0.15, -0.1) is 6.07 Å². The van der Waals surface area contributed by atoms with E-state index in [9.17, 15) is 0 Å². The van der Waals surface area contributed by atoms with Crippen molar-refractivity contribution < 1.29 is 20.1 Å². The number of para-hydroxylation sites is 1. The Morgan fingerprint density at radius 2 is 2.00 bits per heavy atom. The Kier molecular flexibility index (Phi) is 4.73. The molecule has 0 aliphatic heterocycles. The second kappa shape index (κ2) is 6.31. The third kappa shape index (κ3) is 2.90. The third-order valence-corrected chi connectivity index (χ3v) is 3.62. The van der Waals surface area contributed by atoms with Gasteiger partial charge in [0, 0.05) is 26.3 Å². The molecule has 0 spiro atoms. The molecule has 0 saturated heterocycles. The van der Waals surface area contributed by atoms with Crippen molar-refractivity contribution in [3.8, 4) is 5.69 Å². The van der Waals surface area contributed by atoms with Gasteiger partial charge in [-0.1, -0.05) is 19.3 Å². The van der Waals surface area contributed by atoms with E-state index in [1.807, 2.05) is 35.1 Å². The predicted octanol–water partition coefficient (Wildman–Crippen LogP) is 3.72. The van der Waals surface area contributed by atoms with Crippen molar-refractivity contribution >= 4 is 0 Å². The van der Waals surface area contributed by atoms with Gasteiger partial charge in [0.2, 0.25) is 0 Å². The Morgan fingerprint density at radius 1 is 1.17 bits per heavy atom. The van der Waals surface area contributed by atoms with E-state index in [2.05, 4.69) is 17.4 Å². The van der Waals surface area contributed by atoms with Crippen molar-refractivity contribution in [3.63, 3.8) is 0 Å². The number of hydrogen-bond donors (Lipinski definition) is 0. The summed E-state index contributed by atoms with van der Waals surface area (Å²) in [5, 5.41) is 4.45. The molecule has 18 heavy (non-hydrogen) atoms. The molecule has 1 aliphatic rings. The smallest absolute Gasteiger partial charge is 0.0528 e. The molecule has 0 N–H and O–H groups in total. The minimum absolute atomic E-state index is 0. The van der Waals surface area contributed by atoms with Crippen LogP contribution < -0.4 is 0 Å². The molecule has 0 bridgehead atoms. The molecule has 0 unspecified atom stereocenters. The van der Waals surface area contributed by atoms with E-state index >= 15 is 0 Å². The average molecular weight is 418 g/mol. The molecule has 2 nitrogen and oxygen atoms in total. The summed E-state index contributed by atoms with van der Waals surface area (Å²) in [5.41, 5.74) is 2.41. The van der Waals surface area contributed by atoms with Gasteiger partial charge >= 0.3 is 0 Å². The molecule has 1 aromatic heterocycles. The predicted molar refractivity (Wildman–Crippen MR) is 68.2 cm³/mol. The van der Waals surface area contributed by atoms with Crippen LogP contribution in [0.3, 0.4) is 0 Å². The van der Waals surface area contributed by atoms with Crippen LogP contribution in [0.25, 0.3) is 5.69 Å². The molecule has 1 radical (unpaired) electrons. The standard InChI is InChI=1S/C15H17N2.Ir/c1-3-7-13(8-4-1)14-11-16-17(12-14)15-9-5-2-6-10-15;/h2,5-6,9,11-13H,1,3-4,7-8H2;/q-1;. The van der Waals surface area contributed by atoms with Gasteiger partial charge in [0.1, 0.15) is 0 Å². The van der Waals surface area contributed by atoms with Crippen LogP contribution in [0.4, 0.5) is 0 Å². The largest absolute Gasteiger partial charge is 0.265 e. The SMILES string of the molecule is [Ir].[c-]1ccccc1-n1cc(C2CCCCC2)cn1. The van der Waals surface area contributed by atoms with Crippen LogP contribution in [0.5, 0.6) is 0 Å². The molecule has 1 heterocycles. The monoisotopic (exact) mass is 418 g/mol. The molecule has 3 heteroatoms. The van der Waals surface area contributed by atoms with Gasteiger partial charge in [0.15, 0.2) is 0 Å². The van der Waals surface area contributed by atoms with Crippen LogP contribution in [0, 0.1) is 6.07 Å². The Balaban J connectivity index is 0.00000120. The quantitative estimate of drug-likeness (QED) is 0.681. The van der Waals surface area contributed by atoms with Crippen LogP contribution >= 0.6 is 0 Å². The summed E-state index contributed by atoms with van der Waals surface area (Å²) in [6, 6.07) is 11.2. The molecular weight excluding hydrogens is 400 g/mol. The molecule has 0 amide bonds. The van der Waals surface area contributed by atoms with Crippen LogP contribution in [0.15, 0.2) is 36.7 Å². The van der Waals surface area contributed by atoms with E-state index in [1.54, 1.807) is 0 Å². The van der Waals surface area contributed by atoms with Gasteiger partial charge in [-0.25, -0.2) is 0 Å². The van der Waals surface area contributed by atoms with Crippen molar-refractivity contribution in [2.45, 2.75) is 38.0 Å². The van der Waals surface area contributed by atoms with Gasteiger partial charge < -0.3 is 0 Å². The molecular formula is C15H17IrN2-. The number of hydrogen-bond acceptors (Lipinski definition) is 1. The number of aromatic nitrogens is 2. The normalized spacial score (nSPS) is 16.2. The van der Waals surface area contributed by atoms with Crippen LogP contribution in [-0.2, 0) is 20.1 Å². The van der Waals surface area contributed by atoms with Gasteiger partial charge in [0.25, 0.3) is 0 Å². The van der Waals surface area contributed by atoms with Gasteiger partial charge in [-0.05, 0) is 30.0 Å². The summed E-state index contributed by atoms with van der Waals surface area (Å²) >= 11 is 0. The summed E-state index contributed by atoms with van der Waals surface area (Å²) in [5.74, 6) is 0.723. The zero-order valence-corrected chi connectivity index (χ0v) is 12.7. The first-order valence-electron chi connectivity index (χ1n) is 6.45. The maximum Gasteiger partial charge on any atom is 0.0528 e.